The Morgan fingerprint density at radius 1 is 1.24 bits per heavy atom. The lowest BCUT2D eigenvalue weighted by Gasteiger charge is -2.34. The third kappa shape index (κ3) is 4.76. The molecule has 0 spiro atoms. The molecule has 1 fully saturated rings. The summed E-state index contributed by atoms with van der Waals surface area (Å²) in [5, 5.41) is 2.33. The number of carbonyl (C=O) groups excluding carboxylic acids is 1. The Hall–Kier alpha value is -2.03. The number of ether oxygens (including phenoxy) is 1. The molecule has 29 heavy (non-hydrogen) atoms. The van der Waals surface area contributed by atoms with Crippen molar-refractivity contribution in [2.24, 2.45) is 5.92 Å². The van der Waals surface area contributed by atoms with Crippen LogP contribution in [0.15, 0.2) is 35.7 Å². The van der Waals surface area contributed by atoms with Gasteiger partial charge in [-0.3, -0.25) is 4.79 Å². The highest BCUT2D eigenvalue weighted by molar-refractivity contribution is 7.16. The Labute approximate surface area is 175 Å². The van der Waals surface area contributed by atoms with Crippen molar-refractivity contribution in [1.29, 1.82) is 0 Å². The molecule has 2 aromatic heterocycles. The van der Waals surface area contributed by atoms with Crippen molar-refractivity contribution >= 4 is 28.5 Å². The van der Waals surface area contributed by atoms with E-state index in [1.54, 1.807) is 6.92 Å². The van der Waals surface area contributed by atoms with Crippen LogP contribution in [0, 0.1) is 12.8 Å². The Balaban J connectivity index is 1.28. The topological polar surface area (TPSA) is 52.1 Å². The molecule has 0 bridgehead atoms. The zero-order chi connectivity index (χ0) is 20.4. The van der Waals surface area contributed by atoms with E-state index >= 15 is 0 Å². The van der Waals surface area contributed by atoms with Gasteiger partial charge in [0, 0.05) is 11.3 Å². The number of nitrogens with zero attached hydrogens (tertiary/aromatic N) is 2. The molecular formula is C21H20F2N2O2S2. The minimum Gasteiger partial charge on any atom is -0.373 e. The Morgan fingerprint density at radius 3 is 2.69 bits per heavy atom. The van der Waals surface area contributed by atoms with Gasteiger partial charge in [-0.15, -0.1) is 22.7 Å². The van der Waals surface area contributed by atoms with Crippen LogP contribution in [0.25, 0.3) is 10.6 Å². The predicted molar refractivity (Wildman–Crippen MR) is 109 cm³/mol. The van der Waals surface area contributed by atoms with Crippen LogP contribution in [0.3, 0.4) is 0 Å². The fraction of sp³-hybridized carbons (Fsp3) is 0.381. The molecular weight excluding hydrogens is 414 g/mol. The molecule has 0 aliphatic heterocycles. The van der Waals surface area contributed by atoms with E-state index in [9.17, 15) is 13.6 Å². The first-order chi connectivity index (χ1) is 14.0. The zero-order valence-electron chi connectivity index (χ0n) is 15.8. The highest BCUT2D eigenvalue weighted by Crippen LogP contribution is 2.36. The predicted octanol–water partition coefficient (Wildman–Crippen LogP) is 5.62. The van der Waals surface area contributed by atoms with Crippen LogP contribution in [0.5, 0.6) is 0 Å². The number of rotatable bonds is 8. The van der Waals surface area contributed by atoms with Crippen molar-refractivity contribution in [2.75, 3.05) is 0 Å². The van der Waals surface area contributed by atoms with E-state index < -0.39 is 6.43 Å². The van der Waals surface area contributed by atoms with Gasteiger partial charge in [-0.05, 0) is 25.3 Å². The van der Waals surface area contributed by atoms with Crippen molar-refractivity contribution in [3.05, 3.63) is 57.0 Å². The Morgan fingerprint density at radius 2 is 2.00 bits per heavy atom. The first-order valence-corrected chi connectivity index (χ1v) is 11.1. The maximum Gasteiger partial charge on any atom is 0.289 e. The van der Waals surface area contributed by atoms with Crippen molar-refractivity contribution in [2.45, 2.75) is 45.3 Å². The van der Waals surface area contributed by atoms with Crippen LogP contribution in [0.1, 0.15) is 40.5 Å². The molecule has 0 radical (unpaired) electrons. The summed E-state index contributed by atoms with van der Waals surface area (Å²) in [7, 11) is 0. The van der Waals surface area contributed by atoms with Gasteiger partial charge < -0.3 is 4.74 Å². The van der Waals surface area contributed by atoms with Gasteiger partial charge in [0.1, 0.15) is 10.8 Å². The molecule has 152 valence electrons. The molecule has 4 rings (SSSR count). The number of alkyl halides is 2. The summed E-state index contributed by atoms with van der Waals surface area (Å²) in [6, 6.07) is 9.98. The van der Waals surface area contributed by atoms with E-state index in [4.69, 9.17) is 4.74 Å². The Kier molecular flexibility index (Phi) is 6.12. The normalized spacial score (nSPS) is 18.8. The fourth-order valence-corrected chi connectivity index (χ4v) is 5.04. The van der Waals surface area contributed by atoms with E-state index in [1.807, 2.05) is 35.7 Å². The van der Waals surface area contributed by atoms with Gasteiger partial charge in [-0.2, -0.15) is 0 Å². The summed E-state index contributed by atoms with van der Waals surface area (Å²) < 4.78 is 31.6. The van der Waals surface area contributed by atoms with Crippen molar-refractivity contribution < 1.29 is 18.3 Å². The molecule has 0 amide bonds. The molecule has 0 atom stereocenters. The standard InChI is InChI=1S/C21H20F2N2O2S2/c1-12-19(29-21(24-12)20(22)23)16-11-28-18(25-16)9-17(26)14-7-15(8-14)27-10-13-5-3-2-4-6-13/h2-6,11,14-15,20H,7-10H2,1H3. The number of halogens is 2. The summed E-state index contributed by atoms with van der Waals surface area (Å²) in [6.45, 7) is 2.27. The van der Waals surface area contributed by atoms with Crippen LogP contribution >= 0.6 is 22.7 Å². The number of Topliss-reactive ketones (excluding diaryl/α,β-unsaturated/α-hetero) is 1. The summed E-state index contributed by atoms with van der Waals surface area (Å²) in [5.74, 6) is 0.179. The van der Waals surface area contributed by atoms with Gasteiger partial charge in [-0.1, -0.05) is 30.3 Å². The first kappa shape index (κ1) is 20.3. The quantitative estimate of drug-likeness (QED) is 0.462. The monoisotopic (exact) mass is 434 g/mol. The number of thiazole rings is 2. The van der Waals surface area contributed by atoms with Gasteiger partial charge in [0.15, 0.2) is 5.01 Å². The molecule has 0 N–H and O–H groups in total. The number of aromatic nitrogens is 2. The summed E-state index contributed by atoms with van der Waals surface area (Å²) in [5.41, 5.74) is 2.30. The fourth-order valence-electron chi connectivity index (χ4n) is 3.29. The second kappa shape index (κ2) is 8.77. The lowest BCUT2D eigenvalue weighted by molar-refractivity contribution is -0.131. The van der Waals surface area contributed by atoms with E-state index in [0.717, 1.165) is 29.7 Å². The molecule has 1 aromatic carbocycles. The maximum atomic E-state index is 12.8. The smallest absolute Gasteiger partial charge is 0.289 e. The number of carbonyl (C=O) groups is 1. The molecule has 3 aromatic rings. The van der Waals surface area contributed by atoms with Gasteiger partial charge in [-0.25, -0.2) is 18.7 Å². The van der Waals surface area contributed by atoms with E-state index in [1.165, 1.54) is 11.3 Å². The molecule has 0 unspecified atom stereocenters. The maximum absolute atomic E-state index is 12.8. The molecule has 0 saturated heterocycles. The molecule has 1 saturated carbocycles. The highest BCUT2D eigenvalue weighted by atomic mass is 32.1. The van der Waals surface area contributed by atoms with Crippen LogP contribution in [-0.2, 0) is 22.6 Å². The molecule has 8 heteroatoms. The zero-order valence-corrected chi connectivity index (χ0v) is 17.4. The SMILES string of the molecule is Cc1nc(C(F)F)sc1-c1csc(CC(=O)C2CC(OCc3ccccc3)C2)n1. The third-order valence-electron chi connectivity index (χ3n) is 4.99. The van der Waals surface area contributed by atoms with Gasteiger partial charge in [0.05, 0.1) is 35.4 Å². The average Bonchev–Trinajstić information content (AvgIpc) is 3.27. The minimum atomic E-state index is -2.58. The van der Waals surface area contributed by atoms with Gasteiger partial charge in [0.2, 0.25) is 0 Å². The van der Waals surface area contributed by atoms with Crippen molar-refractivity contribution in [3.63, 3.8) is 0 Å². The number of aryl methyl sites for hydroxylation is 1. The van der Waals surface area contributed by atoms with Crippen molar-refractivity contribution in [3.8, 4) is 10.6 Å². The second-order valence-corrected chi connectivity index (χ2v) is 9.10. The molecule has 1 aliphatic rings. The summed E-state index contributed by atoms with van der Waals surface area (Å²) in [4.78, 5) is 21.6. The average molecular weight is 435 g/mol. The second-order valence-electron chi connectivity index (χ2n) is 7.12. The van der Waals surface area contributed by atoms with E-state index in [2.05, 4.69) is 9.97 Å². The third-order valence-corrected chi connectivity index (χ3v) is 7.02. The lowest BCUT2D eigenvalue weighted by atomic mass is 9.78. The number of ketones is 1. The van der Waals surface area contributed by atoms with Gasteiger partial charge in [0.25, 0.3) is 6.43 Å². The van der Waals surface area contributed by atoms with Gasteiger partial charge >= 0.3 is 0 Å². The first-order valence-electron chi connectivity index (χ1n) is 9.38. The number of benzene rings is 1. The largest absolute Gasteiger partial charge is 0.373 e. The molecule has 2 heterocycles. The molecule has 1 aliphatic carbocycles. The van der Waals surface area contributed by atoms with Crippen LogP contribution in [0.2, 0.25) is 0 Å². The summed E-state index contributed by atoms with van der Waals surface area (Å²) >= 11 is 2.35. The van der Waals surface area contributed by atoms with Crippen LogP contribution < -0.4 is 0 Å². The number of hydrogen-bond donors (Lipinski definition) is 0. The summed E-state index contributed by atoms with van der Waals surface area (Å²) in [6.07, 6.45) is -0.683. The van der Waals surface area contributed by atoms with E-state index in [0.29, 0.717) is 27.9 Å². The minimum absolute atomic E-state index is 0.0127. The highest BCUT2D eigenvalue weighted by Gasteiger charge is 2.35. The molecule has 4 nitrogen and oxygen atoms in total. The lowest BCUT2D eigenvalue weighted by Crippen LogP contribution is -2.37. The van der Waals surface area contributed by atoms with Crippen LogP contribution in [0.4, 0.5) is 8.78 Å². The van der Waals surface area contributed by atoms with Crippen LogP contribution in [-0.4, -0.2) is 21.9 Å². The van der Waals surface area contributed by atoms with Crippen molar-refractivity contribution in [1.82, 2.24) is 9.97 Å². The van der Waals surface area contributed by atoms with E-state index in [-0.39, 0.29) is 29.2 Å². The number of hydrogen-bond acceptors (Lipinski definition) is 6. The Bertz CT molecular complexity index is 982.